The molecule has 0 aromatic rings. The average Bonchev–Trinajstić information content (AvgIpc) is 3.42. The molecule has 2 aliphatic heterocycles. The van der Waals surface area contributed by atoms with Crippen LogP contribution < -0.4 is 11.1 Å². The molecule has 0 saturated carbocycles. The highest BCUT2D eigenvalue weighted by Crippen LogP contribution is 2.25. The summed E-state index contributed by atoms with van der Waals surface area (Å²) in [5, 5.41) is 3.32. The van der Waals surface area contributed by atoms with Crippen molar-refractivity contribution in [3.63, 3.8) is 0 Å². The van der Waals surface area contributed by atoms with E-state index < -0.39 is 0 Å². The Morgan fingerprint density at radius 2 is 2.24 bits per heavy atom. The minimum atomic E-state index is -0.183. The molecule has 0 radical (unpaired) electrons. The number of aliphatic imine (C=N–C) groups is 3. The van der Waals surface area contributed by atoms with Crippen LogP contribution >= 0.6 is 0 Å². The van der Waals surface area contributed by atoms with E-state index in [0.717, 1.165) is 30.8 Å². The summed E-state index contributed by atoms with van der Waals surface area (Å²) in [6.45, 7) is 10.6. The van der Waals surface area contributed by atoms with E-state index >= 15 is 0 Å². The van der Waals surface area contributed by atoms with E-state index in [0.29, 0.717) is 5.84 Å². The molecule has 2 rings (SSSR count). The zero-order valence-electron chi connectivity index (χ0n) is 18.0. The summed E-state index contributed by atoms with van der Waals surface area (Å²) < 4.78 is 5.73. The van der Waals surface area contributed by atoms with Crippen LogP contribution in [0.4, 0.5) is 0 Å². The molecule has 3 N–H and O–H groups in total. The smallest absolute Gasteiger partial charge is 0.156 e. The first-order chi connectivity index (χ1) is 14.0. The van der Waals surface area contributed by atoms with Crippen molar-refractivity contribution in [3.05, 3.63) is 48.4 Å². The zero-order chi connectivity index (χ0) is 21.2. The largest absolute Gasteiger partial charge is 0.385 e. The molecule has 2 aliphatic rings. The van der Waals surface area contributed by atoms with E-state index in [1.807, 2.05) is 44.1 Å². The second-order valence-corrected chi connectivity index (χ2v) is 6.94. The third-order valence-corrected chi connectivity index (χ3v) is 4.75. The number of nitrogens with one attached hydrogen (secondary N) is 1. The van der Waals surface area contributed by atoms with E-state index in [1.54, 1.807) is 6.20 Å². The van der Waals surface area contributed by atoms with Gasteiger partial charge in [0.1, 0.15) is 29.9 Å². The van der Waals surface area contributed by atoms with Gasteiger partial charge in [-0.15, -0.1) is 0 Å². The molecule has 2 heterocycles. The minimum Gasteiger partial charge on any atom is -0.385 e. The van der Waals surface area contributed by atoms with Gasteiger partial charge in [0.15, 0.2) is 6.23 Å². The second-order valence-electron chi connectivity index (χ2n) is 6.94. The number of likely N-dealkylation sites (N-methyl/N-ethyl adjacent to an activating group) is 1. The van der Waals surface area contributed by atoms with Gasteiger partial charge in [0.2, 0.25) is 0 Å². The molecule has 7 heteroatoms. The number of nitrogens with two attached hydrogens (primary N) is 1. The third kappa shape index (κ3) is 6.42. The molecule has 1 fully saturated rings. The fourth-order valence-corrected chi connectivity index (χ4v) is 3.31. The van der Waals surface area contributed by atoms with Gasteiger partial charge in [-0.25, -0.2) is 4.99 Å². The number of hydrogen-bond acceptors (Lipinski definition) is 6. The van der Waals surface area contributed by atoms with Crippen molar-refractivity contribution in [1.29, 1.82) is 0 Å². The molecule has 0 aromatic carbocycles. The molecule has 158 valence electrons. The predicted octanol–water partition coefficient (Wildman–Crippen LogP) is 2.79. The summed E-state index contributed by atoms with van der Waals surface area (Å²) in [5.41, 5.74) is 7.24. The van der Waals surface area contributed by atoms with Crippen LogP contribution in [0.3, 0.4) is 0 Å². The van der Waals surface area contributed by atoms with E-state index in [4.69, 9.17) is 10.5 Å². The van der Waals surface area contributed by atoms with E-state index in [2.05, 4.69) is 52.2 Å². The molecule has 0 spiro atoms. The molecular weight excluding hydrogens is 364 g/mol. The zero-order valence-corrected chi connectivity index (χ0v) is 18.0. The van der Waals surface area contributed by atoms with Crippen LogP contribution in [-0.4, -0.2) is 61.3 Å². The van der Waals surface area contributed by atoms with Crippen LogP contribution in [0.1, 0.15) is 33.6 Å². The van der Waals surface area contributed by atoms with Crippen LogP contribution in [-0.2, 0) is 4.74 Å². The van der Waals surface area contributed by atoms with E-state index in [1.165, 1.54) is 0 Å². The molecule has 4 unspecified atom stereocenters. The maximum atomic E-state index is 6.15. The predicted molar refractivity (Wildman–Crippen MR) is 122 cm³/mol. The van der Waals surface area contributed by atoms with Crippen LogP contribution in [0.2, 0.25) is 0 Å². The number of allylic oxidation sites excluding steroid dienone is 2. The summed E-state index contributed by atoms with van der Waals surface area (Å²) in [4.78, 5) is 15.1. The Morgan fingerprint density at radius 1 is 1.45 bits per heavy atom. The molecule has 0 aliphatic carbocycles. The molecule has 0 bridgehead atoms. The van der Waals surface area contributed by atoms with Gasteiger partial charge in [-0.1, -0.05) is 31.2 Å². The highest BCUT2D eigenvalue weighted by molar-refractivity contribution is 5.93. The fourth-order valence-electron chi connectivity index (χ4n) is 3.31. The van der Waals surface area contributed by atoms with Crippen LogP contribution in [0.25, 0.3) is 0 Å². The molecule has 7 nitrogen and oxygen atoms in total. The number of epoxide rings is 1. The Kier molecular flexibility index (Phi) is 8.86. The van der Waals surface area contributed by atoms with E-state index in [-0.39, 0.29) is 24.4 Å². The minimum absolute atomic E-state index is 0.00507. The first kappa shape index (κ1) is 22.6. The van der Waals surface area contributed by atoms with Gasteiger partial charge in [-0.3, -0.25) is 9.98 Å². The summed E-state index contributed by atoms with van der Waals surface area (Å²) >= 11 is 0. The maximum absolute atomic E-state index is 6.15. The lowest BCUT2D eigenvalue weighted by Gasteiger charge is -2.33. The fraction of sp³-hybridized carbons (Fsp3) is 0.500. The van der Waals surface area contributed by atoms with Crippen molar-refractivity contribution < 1.29 is 4.74 Å². The molecule has 0 aromatic heterocycles. The average molecular weight is 399 g/mol. The third-order valence-electron chi connectivity index (χ3n) is 4.75. The number of amidine groups is 2. The van der Waals surface area contributed by atoms with Crippen LogP contribution in [0, 0.1) is 0 Å². The van der Waals surface area contributed by atoms with Crippen molar-refractivity contribution in [1.82, 2.24) is 10.2 Å². The van der Waals surface area contributed by atoms with Crippen molar-refractivity contribution in [3.8, 4) is 0 Å². The van der Waals surface area contributed by atoms with Crippen molar-refractivity contribution in [2.75, 3.05) is 13.6 Å². The van der Waals surface area contributed by atoms with Crippen molar-refractivity contribution in [2.24, 2.45) is 20.7 Å². The Bertz CT molecular complexity index is 734. The van der Waals surface area contributed by atoms with Gasteiger partial charge < -0.3 is 20.7 Å². The summed E-state index contributed by atoms with van der Waals surface area (Å²) in [6, 6.07) is -0.322. The molecule has 29 heavy (non-hydrogen) atoms. The Morgan fingerprint density at radius 3 is 2.86 bits per heavy atom. The molecule has 1 saturated heterocycles. The monoisotopic (exact) mass is 398 g/mol. The summed E-state index contributed by atoms with van der Waals surface area (Å²) in [5.74, 6) is 1.40. The number of hydrogen-bond donors (Lipinski definition) is 2. The quantitative estimate of drug-likeness (QED) is 0.256. The highest BCUT2D eigenvalue weighted by Gasteiger charge is 2.38. The Hall–Kier alpha value is -2.67. The van der Waals surface area contributed by atoms with Gasteiger partial charge in [0, 0.05) is 26.0 Å². The lowest BCUT2D eigenvalue weighted by atomic mass is 9.95. The molecule has 4 atom stereocenters. The molecular formula is C22H34N6O. The maximum Gasteiger partial charge on any atom is 0.156 e. The van der Waals surface area contributed by atoms with E-state index in [9.17, 15) is 0 Å². The lowest BCUT2D eigenvalue weighted by molar-refractivity contribution is 0.362. The van der Waals surface area contributed by atoms with Crippen molar-refractivity contribution >= 4 is 18.4 Å². The Labute approximate surface area is 174 Å². The summed E-state index contributed by atoms with van der Waals surface area (Å²) in [7, 11) is 1.97. The second kappa shape index (κ2) is 11.4. The van der Waals surface area contributed by atoms with Gasteiger partial charge in [-0.05, 0) is 45.1 Å². The van der Waals surface area contributed by atoms with Gasteiger partial charge in [0.05, 0.1) is 0 Å². The Balaban J connectivity index is 1.99. The lowest BCUT2D eigenvalue weighted by Crippen LogP contribution is -2.49. The summed E-state index contributed by atoms with van der Waals surface area (Å²) in [6.07, 6.45) is 15.8. The standard InChI is InChI=1S/C22H34N6O/c1-6-10-16(19(24-4)20-21(23)26-14-15-28(20)5)12-9-13-17-22(29-17)27-18(11-7-2)25-8-3/h7,9-12,14-15,17,19-20,22H,4,6,8,13H2,1-3,5H3,(H2,23,26)(H,25,27). The van der Waals surface area contributed by atoms with Crippen LogP contribution in [0.15, 0.2) is 63.3 Å². The van der Waals surface area contributed by atoms with Gasteiger partial charge in [-0.2, -0.15) is 0 Å². The highest BCUT2D eigenvalue weighted by atomic mass is 16.6. The normalized spacial score (nSPS) is 26.1. The first-order valence-electron chi connectivity index (χ1n) is 10.2. The van der Waals surface area contributed by atoms with Gasteiger partial charge >= 0.3 is 0 Å². The first-order valence-corrected chi connectivity index (χ1v) is 10.2. The topological polar surface area (TPSA) is 90.9 Å². The SMILES string of the molecule is C=NC(C(C=CCC1OC1NC(C=CC)=NCC)=CCC)C1C(N)=NC=CN1C. The van der Waals surface area contributed by atoms with Gasteiger partial charge in [0.25, 0.3) is 0 Å². The van der Waals surface area contributed by atoms with Crippen molar-refractivity contribution in [2.45, 2.75) is 58.0 Å². The van der Waals surface area contributed by atoms with Crippen LogP contribution in [0.5, 0.6) is 0 Å². The number of rotatable bonds is 10. The number of nitrogens with zero attached hydrogens (tertiary/aromatic N) is 4. The molecule has 0 amide bonds. The number of ether oxygens (including phenoxy) is 1.